The maximum atomic E-state index is 5.77. The van der Waals surface area contributed by atoms with Gasteiger partial charge >= 0.3 is 0 Å². The zero-order valence-corrected chi connectivity index (χ0v) is 72.1. The third kappa shape index (κ3) is 100. The van der Waals surface area contributed by atoms with Gasteiger partial charge in [-0.3, -0.25) is 0 Å². The van der Waals surface area contributed by atoms with Crippen LogP contribution in [0.2, 0.25) is 0 Å². The molecule has 0 aromatic heterocycles. The number of halogens is 1. The molecule has 0 atom stereocenters. The molecule has 0 heterocycles. The number of unbranched alkanes of at least 4 members (excludes halogenated alkanes) is 97. The van der Waals surface area contributed by atoms with Crippen LogP contribution in [0.25, 0.3) is 0 Å². The first-order valence-corrected chi connectivity index (χ1v) is 50.5. The first-order valence-electron chi connectivity index (χ1n) is 50.0. The molecule has 0 aromatic carbocycles. The molecule has 0 rings (SSSR count). The predicted molar refractivity (Wildman–Crippen MR) is 469 cm³/mol. The molecule has 0 fully saturated rings. The van der Waals surface area contributed by atoms with E-state index in [0.717, 1.165) is 5.88 Å². The Morgan fingerprint density at radius 2 is 0.129 bits per heavy atom. The number of alkyl halides is 1. The van der Waals surface area contributed by atoms with Crippen molar-refractivity contribution >= 4 is 11.6 Å². The second kappa shape index (κ2) is 100. The summed E-state index contributed by atoms with van der Waals surface area (Å²) in [6, 6.07) is 0. The van der Waals surface area contributed by atoms with E-state index in [1.54, 1.807) is 0 Å². The van der Waals surface area contributed by atoms with Crippen molar-refractivity contribution in [2.75, 3.05) is 5.88 Å². The predicted octanol–water partition coefficient (Wildman–Crippen LogP) is 39.5. The van der Waals surface area contributed by atoms with E-state index in [1.165, 1.54) is 629 Å². The van der Waals surface area contributed by atoms with Crippen molar-refractivity contribution in [2.24, 2.45) is 0 Å². The first-order chi connectivity index (χ1) is 50.4. The fourth-order valence-electron chi connectivity index (χ4n) is 17.1. The lowest BCUT2D eigenvalue weighted by atomic mass is 10.0. The number of rotatable bonds is 98. The van der Waals surface area contributed by atoms with Crippen LogP contribution < -0.4 is 0 Å². The molecule has 0 amide bonds. The molecular formula is C100H201Cl. The summed E-state index contributed by atoms with van der Waals surface area (Å²) in [5.74, 6) is 0.847. The molecule has 0 bridgehead atoms. The van der Waals surface area contributed by atoms with Crippen LogP contribution in [0.4, 0.5) is 0 Å². The minimum absolute atomic E-state index is 0.847. The van der Waals surface area contributed by atoms with Crippen molar-refractivity contribution < 1.29 is 0 Å². The lowest BCUT2D eigenvalue weighted by Crippen LogP contribution is -1.85. The molecule has 1 heteroatoms. The van der Waals surface area contributed by atoms with E-state index in [-0.39, 0.29) is 0 Å². The van der Waals surface area contributed by atoms with Crippen LogP contribution in [0.1, 0.15) is 636 Å². The summed E-state index contributed by atoms with van der Waals surface area (Å²) >= 11 is 5.77. The highest BCUT2D eigenvalue weighted by Gasteiger charge is 2.04. The highest BCUT2D eigenvalue weighted by Crippen LogP contribution is 2.24. The van der Waals surface area contributed by atoms with Crippen LogP contribution in [0.5, 0.6) is 0 Å². The fourth-order valence-corrected chi connectivity index (χ4v) is 17.3. The first kappa shape index (κ1) is 101. The summed E-state index contributed by atoms with van der Waals surface area (Å²) in [4.78, 5) is 0. The maximum absolute atomic E-state index is 5.77. The van der Waals surface area contributed by atoms with Crippen molar-refractivity contribution in [3.05, 3.63) is 0 Å². The Morgan fingerprint density at radius 1 is 0.0792 bits per heavy atom. The van der Waals surface area contributed by atoms with Crippen molar-refractivity contribution in [2.45, 2.75) is 636 Å². The van der Waals surface area contributed by atoms with Gasteiger partial charge in [0.2, 0.25) is 0 Å². The van der Waals surface area contributed by atoms with Crippen LogP contribution >= 0.6 is 11.6 Å². The Kier molecular flexibility index (Phi) is 101. The minimum atomic E-state index is 0.847. The summed E-state index contributed by atoms with van der Waals surface area (Å²) in [7, 11) is 0. The topological polar surface area (TPSA) is 0 Å². The summed E-state index contributed by atoms with van der Waals surface area (Å²) in [6.07, 6.45) is 146. The Balaban J connectivity index is 3.09. The lowest BCUT2D eigenvalue weighted by molar-refractivity contribution is 0.505. The molecule has 0 unspecified atom stereocenters. The van der Waals surface area contributed by atoms with Crippen LogP contribution in [0.15, 0.2) is 0 Å². The SMILES string of the molecule is CCCCCCCCCCCCCCCCCCCCCCCCCCCCCCCCCCCCCCCCCCCCCCCCCCCCCCCCCCCCCCCCCCCCCCCCCCCCCCCCCCCCCCCCCCCCCCCCCCCCCl. The van der Waals surface area contributed by atoms with Crippen molar-refractivity contribution in [3.63, 3.8) is 0 Å². The summed E-state index contributed by atoms with van der Waals surface area (Å²) in [5, 5.41) is 0. The maximum Gasteiger partial charge on any atom is 0.0223 e. The zero-order chi connectivity index (χ0) is 72.0. The van der Waals surface area contributed by atoms with Gasteiger partial charge < -0.3 is 0 Å². The van der Waals surface area contributed by atoms with E-state index < -0.39 is 0 Å². The van der Waals surface area contributed by atoms with Gasteiger partial charge in [-0.25, -0.2) is 0 Å². The Bertz CT molecular complexity index is 1220. The van der Waals surface area contributed by atoms with Crippen LogP contribution in [0.3, 0.4) is 0 Å². The monoisotopic (exact) mass is 1440 g/mol. The van der Waals surface area contributed by atoms with Gasteiger partial charge in [0.05, 0.1) is 0 Å². The fraction of sp³-hybridized carbons (Fsp3) is 1.00. The van der Waals surface area contributed by atoms with Crippen LogP contribution in [0, 0.1) is 0 Å². The third-order valence-electron chi connectivity index (χ3n) is 24.5. The van der Waals surface area contributed by atoms with Crippen LogP contribution in [-0.2, 0) is 0 Å². The Labute approximate surface area is 649 Å². The van der Waals surface area contributed by atoms with Gasteiger partial charge in [-0.1, -0.05) is 630 Å². The quantitative estimate of drug-likeness (QED) is 0.0421. The zero-order valence-electron chi connectivity index (χ0n) is 71.4. The van der Waals surface area contributed by atoms with Gasteiger partial charge in [0.15, 0.2) is 0 Å². The molecule has 0 nitrogen and oxygen atoms in total. The molecule has 0 saturated carbocycles. The smallest absolute Gasteiger partial charge is 0.0223 e. The molecule has 0 N–H and O–H groups in total. The van der Waals surface area contributed by atoms with Crippen LogP contribution in [-0.4, -0.2) is 5.88 Å². The Morgan fingerprint density at radius 3 is 0.178 bits per heavy atom. The Hall–Kier alpha value is 0.290. The second-order valence-corrected chi connectivity index (χ2v) is 35.4. The lowest BCUT2D eigenvalue weighted by Gasteiger charge is -2.05. The van der Waals surface area contributed by atoms with E-state index in [9.17, 15) is 0 Å². The van der Waals surface area contributed by atoms with E-state index >= 15 is 0 Å². The van der Waals surface area contributed by atoms with Gasteiger partial charge in [-0.15, -0.1) is 11.6 Å². The minimum Gasteiger partial charge on any atom is -0.127 e. The van der Waals surface area contributed by atoms with Gasteiger partial charge in [0.25, 0.3) is 0 Å². The van der Waals surface area contributed by atoms with E-state index in [4.69, 9.17) is 11.6 Å². The largest absolute Gasteiger partial charge is 0.127 e. The van der Waals surface area contributed by atoms with Gasteiger partial charge in [0, 0.05) is 5.88 Å². The summed E-state index contributed by atoms with van der Waals surface area (Å²) in [6.45, 7) is 2.32. The summed E-state index contributed by atoms with van der Waals surface area (Å²) < 4.78 is 0. The molecule has 0 aromatic rings. The average molecular weight is 1440 g/mol. The molecule has 0 radical (unpaired) electrons. The molecule has 608 valence electrons. The standard InChI is InChI=1S/C100H201Cl/c1-2-3-4-5-6-7-8-9-10-11-12-13-14-15-16-17-18-19-20-21-22-23-24-25-26-27-28-29-30-31-32-33-34-35-36-37-38-39-40-41-42-43-44-45-46-47-48-49-50-51-52-53-54-55-56-57-58-59-60-61-62-63-64-65-66-67-68-69-70-71-72-73-74-75-76-77-78-79-80-81-82-83-84-85-86-87-88-89-90-91-92-93-94-95-96-97-98-99-100-101/h2-100H2,1H3. The van der Waals surface area contributed by atoms with Crippen molar-refractivity contribution in [3.8, 4) is 0 Å². The van der Waals surface area contributed by atoms with Gasteiger partial charge in [0.1, 0.15) is 0 Å². The number of hydrogen-bond acceptors (Lipinski definition) is 0. The molecule has 101 heavy (non-hydrogen) atoms. The van der Waals surface area contributed by atoms with E-state index in [1.807, 2.05) is 0 Å². The molecule has 0 aliphatic heterocycles. The van der Waals surface area contributed by atoms with Gasteiger partial charge in [-0.05, 0) is 6.42 Å². The highest BCUT2D eigenvalue weighted by atomic mass is 35.5. The van der Waals surface area contributed by atoms with E-state index in [2.05, 4.69) is 6.92 Å². The van der Waals surface area contributed by atoms with E-state index in [0.29, 0.717) is 0 Å². The molecule has 0 saturated heterocycles. The second-order valence-electron chi connectivity index (χ2n) is 35.0. The van der Waals surface area contributed by atoms with Crippen molar-refractivity contribution in [1.82, 2.24) is 0 Å². The van der Waals surface area contributed by atoms with Gasteiger partial charge in [-0.2, -0.15) is 0 Å². The van der Waals surface area contributed by atoms with Crippen molar-refractivity contribution in [1.29, 1.82) is 0 Å². The highest BCUT2D eigenvalue weighted by molar-refractivity contribution is 6.17. The molecule has 0 aliphatic carbocycles. The third-order valence-corrected chi connectivity index (χ3v) is 24.8. The number of hydrogen-bond donors (Lipinski definition) is 0. The normalized spacial score (nSPS) is 11.8. The summed E-state index contributed by atoms with van der Waals surface area (Å²) in [5.41, 5.74) is 0. The molecular weight excluding hydrogens is 1240 g/mol. The molecule has 0 aliphatic rings. The average Bonchev–Trinajstić information content (AvgIpc) is 3.68. The molecule has 0 spiro atoms.